The van der Waals surface area contributed by atoms with Crippen LogP contribution in [0.5, 0.6) is 0 Å². The van der Waals surface area contributed by atoms with Gasteiger partial charge in [-0.2, -0.15) is 0 Å². The number of furan rings is 1. The van der Waals surface area contributed by atoms with E-state index < -0.39 is 0 Å². The van der Waals surface area contributed by atoms with E-state index >= 15 is 0 Å². The molecule has 78 valence electrons. The highest BCUT2D eigenvalue weighted by molar-refractivity contribution is 5.75. The Morgan fingerprint density at radius 3 is 3.00 bits per heavy atom. The average Bonchev–Trinajstić information content (AvgIpc) is 2.69. The van der Waals surface area contributed by atoms with Gasteiger partial charge in [-0.25, -0.2) is 5.06 Å². The molecule has 5 heteroatoms. The SMILES string of the molecule is CON(C)C(=O)COCc1ccco1. The van der Waals surface area contributed by atoms with Crippen molar-refractivity contribution in [3.8, 4) is 0 Å². The first-order valence-corrected chi connectivity index (χ1v) is 4.15. The summed E-state index contributed by atoms with van der Waals surface area (Å²) in [5, 5.41) is 1.11. The smallest absolute Gasteiger partial charge is 0.271 e. The van der Waals surface area contributed by atoms with Crippen LogP contribution in [0.25, 0.3) is 0 Å². The Morgan fingerprint density at radius 2 is 2.43 bits per heavy atom. The van der Waals surface area contributed by atoms with Crippen molar-refractivity contribution in [3.63, 3.8) is 0 Å². The first-order valence-electron chi connectivity index (χ1n) is 4.15. The molecule has 1 aromatic rings. The summed E-state index contributed by atoms with van der Waals surface area (Å²) in [6.07, 6.45) is 1.56. The third-order valence-corrected chi connectivity index (χ3v) is 1.68. The van der Waals surface area contributed by atoms with Crippen molar-refractivity contribution in [2.24, 2.45) is 0 Å². The van der Waals surface area contributed by atoms with Crippen LogP contribution in [-0.4, -0.2) is 31.7 Å². The van der Waals surface area contributed by atoms with Crippen LogP contribution >= 0.6 is 0 Å². The largest absolute Gasteiger partial charge is 0.467 e. The van der Waals surface area contributed by atoms with Gasteiger partial charge in [0.05, 0.1) is 13.4 Å². The minimum absolute atomic E-state index is 0.0228. The van der Waals surface area contributed by atoms with Gasteiger partial charge in [0.15, 0.2) is 0 Å². The maximum absolute atomic E-state index is 11.1. The third-order valence-electron chi connectivity index (χ3n) is 1.68. The van der Waals surface area contributed by atoms with Gasteiger partial charge in [0.1, 0.15) is 19.0 Å². The lowest BCUT2D eigenvalue weighted by Gasteiger charge is -2.12. The molecule has 0 fully saturated rings. The van der Waals surface area contributed by atoms with E-state index in [4.69, 9.17) is 9.15 Å². The Kier molecular flexibility index (Phi) is 4.15. The molecule has 0 aliphatic heterocycles. The quantitative estimate of drug-likeness (QED) is 0.659. The second-order valence-corrected chi connectivity index (χ2v) is 2.65. The molecule has 0 N–H and O–H groups in total. The van der Waals surface area contributed by atoms with Gasteiger partial charge in [-0.15, -0.1) is 0 Å². The van der Waals surface area contributed by atoms with Crippen LogP contribution in [0.15, 0.2) is 22.8 Å². The maximum atomic E-state index is 11.1. The highest BCUT2D eigenvalue weighted by atomic mass is 16.7. The van der Waals surface area contributed by atoms with Crippen molar-refractivity contribution < 1.29 is 18.8 Å². The Hall–Kier alpha value is -1.33. The summed E-state index contributed by atoms with van der Waals surface area (Å²) in [6.45, 7) is 0.265. The molecule has 0 unspecified atom stereocenters. The van der Waals surface area contributed by atoms with Crippen LogP contribution in [0.1, 0.15) is 5.76 Å². The van der Waals surface area contributed by atoms with E-state index in [1.807, 2.05) is 0 Å². The third kappa shape index (κ3) is 3.20. The van der Waals surface area contributed by atoms with Gasteiger partial charge in [0.25, 0.3) is 5.91 Å². The summed E-state index contributed by atoms with van der Waals surface area (Å²) in [6, 6.07) is 3.55. The molecule has 1 amide bonds. The monoisotopic (exact) mass is 199 g/mol. The Labute approximate surface area is 82.2 Å². The number of amides is 1. The van der Waals surface area contributed by atoms with Crippen molar-refractivity contribution in [3.05, 3.63) is 24.2 Å². The minimum atomic E-state index is -0.237. The molecule has 0 bridgehead atoms. The van der Waals surface area contributed by atoms with Crippen molar-refractivity contribution >= 4 is 5.91 Å². The van der Waals surface area contributed by atoms with Gasteiger partial charge in [-0.1, -0.05) is 0 Å². The van der Waals surface area contributed by atoms with E-state index in [-0.39, 0.29) is 19.1 Å². The van der Waals surface area contributed by atoms with E-state index in [2.05, 4.69) is 4.84 Å². The molecule has 14 heavy (non-hydrogen) atoms. The molecule has 0 radical (unpaired) electrons. The number of carbonyl (C=O) groups excluding carboxylic acids is 1. The topological polar surface area (TPSA) is 51.9 Å². The van der Waals surface area contributed by atoms with Crippen molar-refractivity contribution in [1.82, 2.24) is 5.06 Å². The van der Waals surface area contributed by atoms with E-state index in [0.29, 0.717) is 5.76 Å². The van der Waals surface area contributed by atoms with Gasteiger partial charge in [-0.05, 0) is 12.1 Å². The molecule has 1 aromatic heterocycles. The average molecular weight is 199 g/mol. The number of hydrogen-bond acceptors (Lipinski definition) is 4. The van der Waals surface area contributed by atoms with Gasteiger partial charge < -0.3 is 9.15 Å². The molecule has 0 aromatic carbocycles. The molecular formula is C9H13NO4. The number of hydrogen-bond donors (Lipinski definition) is 0. The van der Waals surface area contributed by atoms with Crippen LogP contribution in [0.3, 0.4) is 0 Å². The van der Waals surface area contributed by atoms with E-state index in [9.17, 15) is 4.79 Å². The normalized spacial score (nSPS) is 10.1. The number of ether oxygens (including phenoxy) is 1. The first kappa shape index (κ1) is 10.7. The zero-order valence-electron chi connectivity index (χ0n) is 8.23. The fourth-order valence-electron chi connectivity index (χ4n) is 0.826. The van der Waals surface area contributed by atoms with Crippen LogP contribution in [0.4, 0.5) is 0 Å². The Bertz CT molecular complexity index is 270. The molecule has 0 spiro atoms. The molecule has 0 saturated carbocycles. The second kappa shape index (κ2) is 5.41. The lowest BCUT2D eigenvalue weighted by Crippen LogP contribution is -2.29. The van der Waals surface area contributed by atoms with Gasteiger partial charge >= 0.3 is 0 Å². The van der Waals surface area contributed by atoms with Crippen LogP contribution in [0.2, 0.25) is 0 Å². The van der Waals surface area contributed by atoms with Gasteiger partial charge in [0, 0.05) is 7.05 Å². The summed E-state index contributed by atoms with van der Waals surface area (Å²) < 4.78 is 10.1. The number of likely N-dealkylation sites (N-methyl/N-ethyl adjacent to an activating group) is 1. The molecular weight excluding hydrogens is 186 g/mol. The predicted molar refractivity (Wildman–Crippen MR) is 48.1 cm³/mol. The summed E-state index contributed by atoms with van der Waals surface area (Å²) >= 11 is 0. The summed E-state index contributed by atoms with van der Waals surface area (Å²) in [7, 11) is 2.95. The Balaban J connectivity index is 2.18. The van der Waals surface area contributed by atoms with Gasteiger partial charge in [0.2, 0.25) is 0 Å². The molecule has 0 saturated heterocycles. The first-order chi connectivity index (χ1) is 6.74. The fraction of sp³-hybridized carbons (Fsp3) is 0.444. The summed E-state index contributed by atoms with van der Waals surface area (Å²) in [4.78, 5) is 15.8. The van der Waals surface area contributed by atoms with Crippen LogP contribution in [0, 0.1) is 0 Å². The maximum Gasteiger partial charge on any atom is 0.271 e. The lowest BCUT2D eigenvalue weighted by atomic mass is 10.5. The highest BCUT2D eigenvalue weighted by Gasteiger charge is 2.07. The van der Waals surface area contributed by atoms with Gasteiger partial charge in [-0.3, -0.25) is 9.63 Å². The van der Waals surface area contributed by atoms with E-state index in [1.54, 1.807) is 18.4 Å². The molecule has 1 heterocycles. The van der Waals surface area contributed by atoms with Crippen molar-refractivity contribution in [2.75, 3.05) is 20.8 Å². The summed E-state index contributed by atoms with van der Waals surface area (Å²) in [5.41, 5.74) is 0. The molecule has 0 aliphatic rings. The van der Waals surface area contributed by atoms with Crippen LogP contribution in [-0.2, 0) is 21.0 Å². The number of rotatable bonds is 5. The minimum Gasteiger partial charge on any atom is -0.467 e. The molecule has 1 rings (SSSR count). The fourth-order valence-corrected chi connectivity index (χ4v) is 0.826. The zero-order valence-corrected chi connectivity index (χ0v) is 8.23. The molecule has 5 nitrogen and oxygen atoms in total. The van der Waals surface area contributed by atoms with E-state index in [0.717, 1.165) is 5.06 Å². The second-order valence-electron chi connectivity index (χ2n) is 2.65. The van der Waals surface area contributed by atoms with Crippen molar-refractivity contribution in [1.29, 1.82) is 0 Å². The molecule has 0 aliphatic carbocycles. The van der Waals surface area contributed by atoms with Crippen LogP contribution < -0.4 is 0 Å². The lowest BCUT2D eigenvalue weighted by molar-refractivity contribution is -0.173. The van der Waals surface area contributed by atoms with E-state index in [1.165, 1.54) is 14.2 Å². The number of hydroxylamine groups is 2. The number of nitrogens with zero attached hydrogens (tertiary/aromatic N) is 1. The highest BCUT2D eigenvalue weighted by Crippen LogP contribution is 2.01. The van der Waals surface area contributed by atoms with Crippen molar-refractivity contribution in [2.45, 2.75) is 6.61 Å². The molecule has 0 atom stereocenters. The zero-order chi connectivity index (χ0) is 10.4. The number of carbonyl (C=O) groups is 1. The predicted octanol–water partition coefficient (Wildman–Crippen LogP) is 0.816. The summed E-state index contributed by atoms with van der Waals surface area (Å²) in [5.74, 6) is 0.455. The Morgan fingerprint density at radius 1 is 1.64 bits per heavy atom. The standard InChI is InChI=1S/C9H13NO4/c1-10(12-2)9(11)7-13-6-8-4-3-5-14-8/h3-5H,6-7H2,1-2H3.